The van der Waals surface area contributed by atoms with Gasteiger partial charge >= 0.3 is 12.1 Å². The first-order chi connectivity index (χ1) is 16.7. The standard InChI is InChI=1S/C28H32N2O5/c1-4-14-27(3,24(31)30-17-28(18-30,15-5-2)25(32)33)29-26(34)35-16-23-21-12-8-6-10-19(21)20-11-7-9-13-22(20)23/h5-13,23H,2,4,14-18H2,1,3H3,(H,29,34)(H,32,33). The number of allylic oxidation sites excluding steroid dienone is 1. The number of carboxylic acid groups (broad SMARTS) is 1. The van der Waals surface area contributed by atoms with Crippen LogP contribution in [0.1, 0.15) is 50.2 Å². The van der Waals surface area contributed by atoms with E-state index in [-0.39, 0.29) is 37.9 Å². The van der Waals surface area contributed by atoms with E-state index < -0.39 is 23.0 Å². The Labute approximate surface area is 205 Å². The van der Waals surface area contributed by atoms with E-state index in [0.29, 0.717) is 12.8 Å². The minimum Gasteiger partial charge on any atom is -0.481 e. The number of fused-ring (bicyclic) bond motifs is 3. The zero-order valence-corrected chi connectivity index (χ0v) is 20.3. The third kappa shape index (κ3) is 4.43. The summed E-state index contributed by atoms with van der Waals surface area (Å²) in [5.74, 6) is -1.32. The Kier molecular flexibility index (Phi) is 6.70. The molecule has 0 spiro atoms. The van der Waals surface area contributed by atoms with Gasteiger partial charge in [-0.05, 0) is 42.0 Å². The summed E-state index contributed by atoms with van der Waals surface area (Å²) >= 11 is 0. The zero-order chi connectivity index (χ0) is 25.2. The second-order valence-corrected chi connectivity index (χ2v) is 9.77. The largest absolute Gasteiger partial charge is 0.481 e. The van der Waals surface area contributed by atoms with Gasteiger partial charge in [0.05, 0.1) is 0 Å². The Morgan fingerprint density at radius 3 is 2.23 bits per heavy atom. The lowest BCUT2D eigenvalue weighted by Crippen LogP contribution is -2.68. The number of likely N-dealkylation sites (tertiary alicyclic amines) is 1. The molecule has 1 atom stereocenters. The van der Waals surface area contributed by atoms with E-state index in [4.69, 9.17) is 4.74 Å². The SMILES string of the molecule is C=CCC1(C(=O)O)CN(C(=O)C(C)(CCC)NC(=O)OCC2c3ccccc3-c3ccccc32)C1. The Balaban J connectivity index is 1.43. The van der Waals surface area contributed by atoms with Crippen LogP contribution in [-0.2, 0) is 14.3 Å². The highest BCUT2D eigenvalue weighted by molar-refractivity contribution is 5.92. The average Bonchev–Trinajstić information content (AvgIpc) is 3.13. The van der Waals surface area contributed by atoms with Crippen molar-refractivity contribution in [2.45, 2.75) is 44.6 Å². The molecule has 35 heavy (non-hydrogen) atoms. The van der Waals surface area contributed by atoms with Crippen LogP contribution in [0, 0.1) is 5.41 Å². The molecule has 1 aliphatic carbocycles. The van der Waals surface area contributed by atoms with Crippen LogP contribution in [-0.4, -0.2) is 53.2 Å². The van der Waals surface area contributed by atoms with Crippen molar-refractivity contribution >= 4 is 18.0 Å². The molecule has 7 nitrogen and oxygen atoms in total. The molecule has 1 saturated heterocycles. The number of alkyl carbamates (subject to hydrolysis) is 1. The topological polar surface area (TPSA) is 95.9 Å². The van der Waals surface area contributed by atoms with E-state index in [1.165, 1.54) is 4.90 Å². The second-order valence-electron chi connectivity index (χ2n) is 9.77. The molecule has 1 heterocycles. The Morgan fingerprint density at radius 1 is 1.14 bits per heavy atom. The summed E-state index contributed by atoms with van der Waals surface area (Å²) in [5.41, 5.74) is 2.32. The van der Waals surface area contributed by atoms with Crippen molar-refractivity contribution in [3.8, 4) is 11.1 Å². The summed E-state index contributed by atoms with van der Waals surface area (Å²) in [6.45, 7) is 7.59. The molecule has 2 aromatic rings. The maximum atomic E-state index is 13.3. The van der Waals surface area contributed by atoms with E-state index in [0.717, 1.165) is 22.3 Å². The average molecular weight is 477 g/mol. The van der Waals surface area contributed by atoms with Crippen molar-refractivity contribution in [2.24, 2.45) is 5.41 Å². The van der Waals surface area contributed by atoms with Crippen molar-refractivity contribution in [3.63, 3.8) is 0 Å². The fourth-order valence-corrected chi connectivity index (χ4v) is 5.39. The third-order valence-corrected chi connectivity index (χ3v) is 7.21. The monoisotopic (exact) mass is 476 g/mol. The van der Waals surface area contributed by atoms with Crippen LogP contribution < -0.4 is 5.32 Å². The summed E-state index contributed by atoms with van der Waals surface area (Å²) in [7, 11) is 0. The minimum absolute atomic E-state index is 0.0771. The first kappa shape index (κ1) is 24.5. The molecule has 7 heteroatoms. The molecule has 0 aromatic heterocycles. The van der Waals surface area contributed by atoms with Crippen LogP contribution in [0.15, 0.2) is 61.2 Å². The van der Waals surface area contributed by atoms with E-state index in [1.54, 1.807) is 13.0 Å². The Morgan fingerprint density at radius 2 is 1.71 bits per heavy atom. The fraction of sp³-hybridized carbons (Fsp3) is 0.393. The van der Waals surface area contributed by atoms with Gasteiger partial charge in [-0.25, -0.2) is 4.79 Å². The zero-order valence-electron chi connectivity index (χ0n) is 20.3. The third-order valence-electron chi connectivity index (χ3n) is 7.21. The van der Waals surface area contributed by atoms with E-state index in [2.05, 4.69) is 24.0 Å². The van der Waals surface area contributed by atoms with Crippen LogP contribution in [0.25, 0.3) is 11.1 Å². The number of hydrogen-bond acceptors (Lipinski definition) is 4. The van der Waals surface area contributed by atoms with Crippen molar-refractivity contribution in [1.82, 2.24) is 10.2 Å². The number of carbonyl (C=O) groups is 3. The molecular weight excluding hydrogens is 444 g/mol. The van der Waals surface area contributed by atoms with Crippen molar-refractivity contribution < 1.29 is 24.2 Å². The highest BCUT2D eigenvalue weighted by Gasteiger charge is 2.53. The summed E-state index contributed by atoms with van der Waals surface area (Å²) in [6.07, 6.45) is 2.27. The molecule has 2 aromatic carbocycles. The number of ether oxygens (including phenoxy) is 1. The number of nitrogens with zero attached hydrogens (tertiary/aromatic N) is 1. The van der Waals surface area contributed by atoms with Gasteiger partial charge in [0.2, 0.25) is 5.91 Å². The maximum absolute atomic E-state index is 13.3. The summed E-state index contributed by atoms with van der Waals surface area (Å²) in [6, 6.07) is 16.2. The van der Waals surface area contributed by atoms with Crippen LogP contribution in [0.4, 0.5) is 4.79 Å². The van der Waals surface area contributed by atoms with Crippen LogP contribution in [0.3, 0.4) is 0 Å². The summed E-state index contributed by atoms with van der Waals surface area (Å²) < 4.78 is 5.65. The second kappa shape index (κ2) is 9.56. The normalized spacial score (nSPS) is 17.4. The molecule has 0 saturated carbocycles. The van der Waals surface area contributed by atoms with Crippen LogP contribution in [0.2, 0.25) is 0 Å². The minimum atomic E-state index is -1.18. The van der Waals surface area contributed by atoms with E-state index in [9.17, 15) is 19.5 Å². The molecule has 0 bridgehead atoms. The van der Waals surface area contributed by atoms with E-state index >= 15 is 0 Å². The van der Waals surface area contributed by atoms with Gasteiger partial charge in [0.1, 0.15) is 17.6 Å². The van der Waals surface area contributed by atoms with Gasteiger partial charge in [0.25, 0.3) is 0 Å². The summed E-state index contributed by atoms with van der Waals surface area (Å²) in [4.78, 5) is 39.4. The number of aliphatic carboxylic acids is 1. The molecule has 2 amide bonds. The number of carbonyl (C=O) groups excluding carboxylic acids is 2. The first-order valence-corrected chi connectivity index (χ1v) is 12.0. The molecule has 0 radical (unpaired) electrons. The van der Waals surface area contributed by atoms with Gasteiger partial charge in [-0.15, -0.1) is 6.58 Å². The highest BCUT2D eigenvalue weighted by Crippen LogP contribution is 2.44. The smallest absolute Gasteiger partial charge is 0.408 e. The Hall–Kier alpha value is -3.61. The molecule has 1 unspecified atom stereocenters. The molecule has 2 aliphatic rings. The molecule has 1 aliphatic heterocycles. The fourth-order valence-electron chi connectivity index (χ4n) is 5.39. The quantitative estimate of drug-likeness (QED) is 0.517. The molecule has 1 fully saturated rings. The lowest BCUT2D eigenvalue weighted by molar-refractivity contribution is -0.168. The first-order valence-electron chi connectivity index (χ1n) is 12.0. The molecular formula is C28H32N2O5. The number of nitrogens with one attached hydrogen (secondary N) is 1. The molecule has 184 valence electrons. The lowest BCUT2D eigenvalue weighted by Gasteiger charge is -2.49. The van der Waals surface area contributed by atoms with Gasteiger partial charge in [0.15, 0.2) is 0 Å². The van der Waals surface area contributed by atoms with Crippen molar-refractivity contribution in [2.75, 3.05) is 19.7 Å². The molecule has 4 rings (SSSR count). The number of benzene rings is 2. The van der Waals surface area contributed by atoms with Crippen molar-refractivity contribution in [1.29, 1.82) is 0 Å². The summed E-state index contributed by atoms with van der Waals surface area (Å²) in [5, 5.41) is 12.4. The predicted molar refractivity (Wildman–Crippen MR) is 133 cm³/mol. The lowest BCUT2D eigenvalue weighted by atomic mass is 9.75. The number of carboxylic acids is 1. The van der Waals surface area contributed by atoms with E-state index in [1.807, 2.05) is 43.3 Å². The predicted octanol–water partition coefficient (Wildman–Crippen LogP) is 4.57. The van der Waals surface area contributed by atoms with Gasteiger partial charge in [-0.1, -0.05) is 68.0 Å². The Bertz CT molecular complexity index is 1110. The van der Waals surface area contributed by atoms with Crippen LogP contribution in [0.5, 0.6) is 0 Å². The van der Waals surface area contributed by atoms with Crippen LogP contribution >= 0.6 is 0 Å². The highest BCUT2D eigenvalue weighted by atomic mass is 16.5. The maximum Gasteiger partial charge on any atom is 0.408 e. The van der Waals surface area contributed by atoms with Gasteiger partial charge in [0, 0.05) is 19.0 Å². The number of hydrogen-bond donors (Lipinski definition) is 2. The van der Waals surface area contributed by atoms with Gasteiger partial charge in [-0.3, -0.25) is 9.59 Å². The molecule has 2 N–H and O–H groups in total. The van der Waals surface area contributed by atoms with Crippen molar-refractivity contribution in [3.05, 3.63) is 72.3 Å². The van der Waals surface area contributed by atoms with Gasteiger partial charge < -0.3 is 20.1 Å². The number of rotatable bonds is 9. The number of amides is 2. The van der Waals surface area contributed by atoms with Gasteiger partial charge in [-0.2, -0.15) is 0 Å².